The number of aryl methyl sites for hydroxylation is 1. The fraction of sp³-hybridized carbons (Fsp3) is 0.346. The van der Waals surface area contributed by atoms with Crippen LogP contribution in [0.3, 0.4) is 0 Å². The second kappa shape index (κ2) is 10.0. The Labute approximate surface area is 196 Å². The van der Waals surface area contributed by atoms with Gasteiger partial charge in [-0.05, 0) is 53.4 Å². The smallest absolute Gasteiger partial charge is 0.254 e. The number of sulfonamides is 1. The minimum absolute atomic E-state index is 0.162. The fourth-order valence-electron chi connectivity index (χ4n) is 4.00. The molecule has 1 N–H and O–H groups in total. The van der Waals surface area contributed by atoms with Gasteiger partial charge in [0, 0.05) is 44.8 Å². The Morgan fingerprint density at radius 2 is 1.79 bits per heavy atom. The molecule has 7 heteroatoms. The van der Waals surface area contributed by atoms with Crippen LogP contribution in [0.4, 0.5) is 0 Å². The Hall–Kier alpha value is -2.74. The molecule has 174 valence electrons. The Morgan fingerprint density at radius 1 is 1.03 bits per heavy atom. The van der Waals surface area contributed by atoms with Crippen LogP contribution in [0.2, 0.25) is 0 Å². The molecule has 0 atom stereocenters. The quantitative estimate of drug-likeness (QED) is 0.463. The van der Waals surface area contributed by atoms with Crippen molar-refractivity contribution in [3.63, 3.8) is 0 Å². The van der Waals surface area contributed by atoms with Gasteiger partial charge in [-0.2, -0.15) is 0 Å². The molecule has 0 unspecified atom stereocenters. The number of hydrogen-bond donors (Lipinski definition) is 1. The van der Waals surface area contributed by atoms with Crippen molar-refractivity contribution in [1.82, 2.24) is 14.5 Å². The Morgan fingerprint density at radius 3 is 2.52 bits per heavy atom. The van der Waals surface area contributed by atoms with E-state index in [-0.39, 0.29) is 10.8 Å². The summed E-state index contributed by atoms with van der Waals surface area (Å²) in [6, 6.07) is 19.3. The third-order valence-electron chi connectivity index (χ3n) is 5.95. The molecular formula is C26H31N3O3S. The second-order valence-corrected chi connectivity index (χ2v) is 10.4. The van der Waals surface area contributed by atoms with Crippen molar-refractivity contribution in [3.05, 3.63) is 77.4 Å². The summed E-state index contributed by atoms with van der Waals surface area (Å²) in [6.45, 7) is 7.97. The van der Waals surface area contributed by atoms with E-state index < -0.39 is 10.0 Å². The Kier molecular flexibility index (Phi) is 7.12. The Bertz CT molecular complexity index is 1250. The number of fused-ring (bicyclic) bond motifs is 1. The van der Waals surface area contributed by atoms with Gasteiger partial charge in [0.25, 0.3) is 5.91 Å². The second-order valence-electron chi connectivity index (χ2n) is 8.63. The molecule has 1 aliphatic heterocycles. The molecule has 0 spiro atoms. The van der Waals surface area contributed by atoms with Crippen molar-refractivity contribution in [2.24, 2.45) is 0 Å². The maximum atomic E-state index is 13.4. The molecule has 1 saturated heterocycles. The van der Waals surface area contributed by atoms with Gasteiger partial charge in [0.05, 0.1) is 4.90 Å². The van der Waals surface area contributed by atoms with Gasteiger partial charge in [0.2, 0.25) is 10.0 Å². The molecule has 0 saturated carbocycles. The first kappa shape index (κ1) is 23.4. The van der Waals surface area contributed by atoms with Crippen LogP contribution in [-0.4, -0.2) is 56.8 Å². The molecule has 1 fully saturated rings. The molecule has 1 heterocycles. The van der Waals surface area contributed by atoms with Crippen LogP contribution in [0.1, 0.15) is 34.8 Å². The minimum Gasteiger partial charge on any atom is -0.334 e. The monoisotopic (exact) mass is 465 g/mol. The number of carbonyl (C=O) groups excluding carboxylic acids is 1. The molecule has 0 aliphatic carbocycles. The highest BCUT2D eigenvalue weighted by Gasteiger charge is 2.23. The highest BCUT2D eigenvalue weighted by atomic mass is 32.2. The lowest BCUT2D eigenvalue weighted by Gasteiger charge is -2.23. The lowest BCUT2D eigenvalue weighted by atomic mass is 10.1. The van der Waals surface area contributed by atoms with Crippen LogP contribution >= 0.6 is 0 Å². The van der Waals surface area contributed by atoms with E-state index in [0.29, 0.717) is 37.3 Å². The molecule has 33 heavy (non-hydrogen) atoms. The number of benzene rings is 3. The zero-order valence-corrected chi connectivity index (χ0v) is 20.1. The molecule has 0 aromatic heterocycles. The van der Waals surface area contributed by atoms with Crippen LogP contribution in [0, 0.1) is 6.92 Å². The highest BCUT2D eigenvalue weighted by molar-refractivity contribution is 7.89. The summed E-state index contributed by atoms with van der Waals surface area (Å²) in [5.41, 5.74) is 2.07. The average molecular weight is 466 g/mol. The third-order valence-corrected chi connectivity index (χ3v) is 7.56. The van der Waals surface area contributed by atoms with Gasteiger partial charge in [-0.15, -0.1) is 0 Å². The van der Waals surface area contributed by atoms with Crippen LogP contribution in [0.25, 0.3) is 10.8 Å². The van der Waals surface area contributed by atoms with Crippen LogP contribution < -0.4 is 4.72 Å². The third kappa shape index (κ3) is 5.79. The summed E-state index contributed by atoms with van der Waals surface area (Å²) >= 11 is 0. The van der Waals surface area contributed by atoms with Crippen molar-refractivity contribution < 1.29 is 13.2 Å². The van der Waals surface area contributed by atoms with Crippen molar-refractivity contribution in [2.45, 2.75) is 31.7 Å². The molecule has 0 bridgehead atoms. The maximum Gasteiger partial charge on any atom is 0.254 e. The minimum atomic E-state index is -3.68. The lowest BCUT2D eigenvalue weighted by Crippen LogP contribution is -2.32. The van der Waals surface area contributed by atoms with E-state index in [9.17, 15) is 13.2 Å². The van der Waals surface area contributed by atoms with E-state index in [0.717, 1.165) is 35.8 Å². The largest absolute Gasteiger partial charge is 0.334 e. The summed E-state index contributed by atoms with van der Waals surface area (Å²) in [5, 5.41) is 2.30. The van der Waals surface area contributed by atoms with Gasteiger partial charge < -0.3 is 4.90 Å². The van der Waals surface area contributed by atoms with E-state index in [1.165, 1.54) is 6.07 Å². The summed E-state index contributed by atoms with van der Waals surface area (Å²) in [6.07, 6.45) is 0.814. The summed E-state index contributed by atoms with van der Waals surface area (Å²) in [7, 11) is -3.68. The molecule has 1 amide bonds. The van der Waals surface area contributed by atoms with E-state index in [1.54, 1.807) is 24.0 Å². The van der Waals surface area contributed by atoms with E-state index in [1.807, 2.05) is 25.1 Å². The van der Waals surface area contributed by atoms with Gasteiger partial charge >= 0.3 is 0 Å². The first-order chi connectivity index (χ1) is 15.9. The van der Waals surface area contributed by atoms with Gasteiger partial charge in [0.15, 0.2) is 0 Å². The molecule has 0 radical (unpaired) electrons. The molecule has 3 aromatic carbocycles. The zero-order valence-electron chi connectivity index (χ0n) is 19.3. The maximum absolute atomic E-state index is 13.4. The topological polar surface area (TPSA) is 69.5 Å². The number of amides is 1. The van der Waals surface area contributed by atoms with Gasteiger partial charge in [-0.3, -0.25) is 9.69 Å². The van der Waals surface area contributed by atoms with Crippen molar-refractivity contribution in [1.29, 1.82) is 0 Å². The van der Waals surface area contributed by atoms with Crippen molar-refractivity contribution >= 4 is 26.7 Å². The predicted octanol–water partition coefficient (Wildman–Crippen LogP) is 3.79. The number of carbonyl (C=O) groups is 1. The van der Waals surface area contributed by atoms with Crippen molar-refractivity contribution in [3.8, 4) is 0 Å². The highest BCUT2D eigenvalue weighted by Crippen LogP contribution is 2.21. The summed E-state index contributed by atoms with van der Waals surface area (Å²) < 4.78 is 28.4. The molecule has 6 nitrogen and oxygen atoms in total. The average Bonchev–Trinajstić information content (AvgIpc) is 3.63. The fourth-order valence-corrected chi connectivity index (χ4v) is 5.28. The van der Waals surface area contributed by atoms with E-state index in [4.69, 9.17) is 0 Å². The first-order valence-corrected chi connectivity index (χ1v) is 13.0. The van der Waals surface area contributed by atoms with E-state index >= 15 is 0 Å². The summed E-state index contributed by atoms with van der Waals surface area (Å²) in [4.78, 5) is 17.5. The van der Waals surface area contributed by atoms with Gasteiger partial charge in [0.1, 0.15) is 0 Å². The number of nitrogens with zero attached hydrogens (tertiary/aromatic N) is 2. The van der Waals surface area contributed by atoms with Gasteiger partial charge in [-0.25, -0.2) is 13.1 Å². The van der Waals surface area contributed by atoms with Gasteiger partial charge in [-0.1, -0.05) is 49.4 Å². The molecule has 3 aromatic rings. The molecule has 1 aliphatic rings. The normalized spacial score (nSPS) is 13.9. The van der Waals surface area contributed by atoms with Crippen LogP contribution in [0.5, 0.6) is 0 Å². The SMILES string of the molecule is CCCN(Cc1ccc2ccccc2c1)C(=O)c1ccc(C)c(S(=O)(=O)NCCN2CC2)c1. The number of nitrogens with one attached hydrogen (secondary N) is 1. The Balaban J connectivity index is 1.55. The predicted molar refractivity (Wildman–Crippen MR) is 132 cm³/mol. The summed E-state index contributed by atoms with van der Waals surface area (Å²) in [5.74, 6) is -0.162. The lowest BCUT2D eigenvalue weighted by molar-refractivity contribution is 0.0743. The standard InChI is InChI=1S/C26H31N3O3S/c1-3-13-29(19-21-9-11-22-6-4-5-7-23(22)17-21)26(30)24-10-8-20(2)25(18-24)33(31,32)27-12-14-28-15-16-28/h4-11,17-18,27H,3,12-16,19H2,1-2H3. The van der Waals surface area contributed by atoms with Crippen LogP contribution in [0.15, 0.2) is 65.6 Å². The van der Waals surface area contributed by atoms with E-state index in [2.05, 4.69) is 33.9 Å². The zero-order chi connectivity index (χ0) is 23.4. The molecular weight excluding hydrogens is 434 g/mol. The van der Waals surface area contributed by atoms with Crippen LogP contribution in [-0.2, 0) is 16.6 Å². The number of rotatable bonds is 10. The first-order valence-electron chi connectivity index (χ1n) is 11.5. The van der Waals surface area contributed by atoms with Crippen molar-refractivity contribution in [2.75, 3.05) is 32.7 Å². The number of hydrogen-bond acceptors (Lipinski definition) is 4. The molecule has 4 rings (SSSR count).